The largest absolute Gasteiger partial charge is 0.497 e. The molecule has 2 N–H and O–H groups in total. The molecule has 0 unspecified atom stereocenters. The molecule has 1 aliphatic carbocycles. The molecule has 0 saturated carbocycles. The van der Waals surface area contributed by atoms with Crippen LogP contribution in [0.25, 0.3) is 0 Å². The van der Waals surface area contributed by atoms with Gasteiger partial charge in [0.25, 0.3) is 5.56 Å². The molecule has 4 aromatic rings. The Kier molecular flexibility index (Phi) is 6.22. The van der Waals surface area contributed by atoms with Crippen LogP contribution in [-0.4, -0.2) is 49.5 Å². The van der Waals surface area contributed by atoms with Crippen LogP contribution >= 0.6 is 0 Å². The molecule has 2 heterocycles. The number of aromatic amines is 1. The molecule has 210 valence electrons. The van der Waals surface area contributed by atoms with E-state index in [2.05, 4.69) is 4.98 Å². The predicted octanol–water partition coefficient (Wildman–Crippen LogP) is 3.18. The van der Waals surface area contributed by atoms with Crippen molar-refractivity contribution in [2.24, 2.45) is 0 Å². The van der Waals surface area contributed by atoms with E-state index in [1.54, 1.807) is 43.5 Å². The number of fused-ring (bicyclic) bond motifs is 5. The fourth-order valence-electron chi connectivity index (χ4n) is 6.17. The van der Waals surface area contributed by atoms with E-state index in [0.717, 1.165) is 0 Å². The van der Waals surface area contributed by atoms with Gasteiger partial charge in [-0.1, -0.05) is 42.5 Å². The molecule has 1 aromatic heterocycles. The molecular formula is C31H28N2O8. The molecule has 41 heavy (non-hydrogen) atoms. The first kappa shape index (κ1) is 26.4. The number of carbonyl (C=O) groups is 1. The van der Waals surface area contributed by atoms with E-state index in [9.17, 15) is 14.7 Å². The highest BCUT2D eigenvalue weighted by Gasteiger charge is 2.73. The van der Waals surface area contributed by atoms with Crippen LogP contribution in [0.3, 0.4) is 0 Å². The van der Waals surface area contributed by atoms with Gasteiger partial charge in [0.1, 0.15) is 35.2 Å². The average molecular weight is 557 g/mol. The van der Waals surface area contributed by atoms with Crippen molar-refractivity contribution < 1.29 is 33.6 Å². The minimum absolute atomic E-state index is 0.0484. The molecule has 6 rings (SSSR count). The van der Waals surface area contributed by atoms with E-state index >= 15 is 0 Å². The van der Waals surface area contributed by atoms with Gasteiger partial charge >= 0.3 is 5.97 Å². The van der Waals surface area contributed by atoms with Crippen molar-refractivity contribution in [1.29, 1.82) is 0 Å². The molecule has 1 aliphatic heterocycles. The van der Waals surface area contributed by atoms with Crippen LogP contribution in [0.15, 0.2) is 71.5 Å². The molecule has 0 radical (unpaired) electrons. The van der Waals surface area contributed by atoms with E-state index in [1.807, 2.05) is 30.3 Å². The smallest absolute Gasteiger partial charge is 0.313 e. The number of nitrogens with zero attached hydrogens (tertiary/aromatic N) is 1. The lowest BCUT2D eigenvalue weighted by molar-refractivity contribution is -0.139. The monoisotopic (exact) mass is 556 g/mol. The van der Waals surface area contributed by atoms with Crippen molar-refractivity contribution in [3.05, 3.63) is 111 Å². The van der Waals surface area contributed by atoms with Crippen molar-refractivity contribution in [2.45, 2.75) is 23.5 Å². The van der Waals surface area contributed by atoms with Gasteiger partial charge in [-0.15, -0.1) is 0 Å². The van der Waals surface area contributed by atoms with Crippen LogP contribution in [-0.2, 0) is 27.2 Å². The summed E-state index contributed by atoms with van der Waals surface area (Å²) < 4.78 is 28.3. The quantitative estimate of drug-likeness (QED) is 0.330. The van der Waals surface area contributed by atoms with E-state index in [4.69, 9.17) is 28.7 Å². The summed E-state index contributed by atoms with van der Waals surface area (Å²) in [5.41, 5.74) is -2.31. The summed E-state index contributed by atoms with van der Waals surface area (Å²) in [6.45, 7) is 0. The highest BCUT2D eigenvalue weighted by molar-refractivity contribution is 5.72. The normalized spacial score (nSPS) is 21.7. The van der Waals surface area contributed by atoms with Crippen molar-refractivity contribution >= 4 is 5.97 Å². The van der Waals surface area contributed by atoms with Gasteiger partial charge in [-0.3, -0.25) is 9.59 Å². The zero-order valence-electron chi connectivity index (χ0n) is 22.9. The molecule has 0 bridgehead atoms. The number of nitrogens with one attached hydrogen (secondary N) is 1. The minimum atomic E-state index is -2.04. The number of benzene rings is 3. The minimum Gasteiger partial charge on any atom is -0.497 e. The van der Waals surface area contributed by atoms with E-state index < -0.39 is 28.6 Å². The van der Waals surface area contributed by atoms with Gasteiger partial charge in [-0.05, 0) is 17.7 Å². The molecule has 0 saturated heterocycles. The number of esters is 1. The van der Waals surface area contributed by atoms with Crippen LogP contribution in [0.5, 0.6) is 23.0 Å². The number of hydrogen-bond donors (Lipinski definition) is 2. The van der Waals surface area contributed by atoms with Crippen LogP contribution in [0.4, 0.5) is 0 Å². The molecule has 2 aliphatic rings. The van der Waals surface area contributed by atoms with Crippen molar-refractivity contribution in [2.75, 3.05) is 28.4 Å². The Hall–Kier alpha value is -4.83. The molecule has 3 atom stereocenters. The van der Waals surface area contributed by atoms with Gasteiger partial charge in [-0.25, -0.2) is 4.98 Å². The summed E-state index contributed by atoms with van der Waals surface area (Å²) in [5, 5.41) is 13.2. The first-order valence-electron chi connectivity index (χ1n) is 12.9. The first-order chi connectivity index (χ1) is 19.8. The average Bonchev–Trinajstić information content (AvgIpc) is 3.39. The molecule has 0 spiro atoms. The van der Waals surface area contributed by atoms with Gasteiger partial charge < -0.3 is 33.8 Å². The molecule has 0 amide bonds. The Labute approximate surface area is 235 Å². The first-order valence-corrected chi connectivity index (χ1v) is 12.9. The van der Waals surface area contributed by atoms with Crippen molar-refractivity contribution in [3.8, 4) is 23.0 Å². The van der Waals surface area contributed by atoms with Gasteiger partial charge in [0, 0.05) is 17.7 Å². The summed E-state index contributed by atoms with van der Waals surface area (Å²) >= 11 is 0. The Balaban J connectivity index is 1.76. The molecule has 0 fully saturated rings. The highest BCUT2D eigenvalue weighted by Crippen LogP contribution is 2.69. The van der Waals surface area contributed by atoms with Gasteiger partial charge in [0.05, 0.1) is 51.2 Å². The molecule has 10 nitrogen and oxygen atoms in total. The number of aliphatic hydroxyl groups is 1. The van der Waals surface area contributed by atoms with Crippen LogP contribution in [0, 0.1) is 0 Å². The van der Waals surface area contributed by atoms with Crippen molar-refractivity contribution in [1.82, 2.24) is 9.97 Å². The lowest BCUT2D eigenvalue weighted by Gasteiger charge is -2.40. The van der Waals surface area contributed by atoms with Crippen LogP contribution in [0.2, 0.25) is 0 Å². The number of H-pyrrole nitrogens is 1. The number of aromatic nitrogens is 2. The maximum absolute atomic E-state index is 13.9. The second kappa shape index (κ2) is 9.67. The zero-order chi connectivity index (χ0) is 28.9. The Bertz CT molecular complexity index is 1700. The van der Waals surface area contributed by atoms with Crippen LogP contribution in [0.1, 0.15) is 39.7 Å². The zero-order valence-corrected chi connectivity index (χ0v) is 22.9. The standard InChI is InChI=1S/C31H28N2O8/c1-37-19-12-10-18(11-13-19)31-26(17-8-6-5-7-9-17)25-28(32-23(33-29(25)35)16-24(34)40-4)30(31,36)27-21(39-3)14-20(38-2)15-22(27)41-31/h5-15,26,36H,16H2,1-4H3,(H,32,33,35)/t26-,30+,31+/m1/s1. The Morgan fingerprint density at radius 1 is 0.976 bits per heavy atom. The SMILES string of the molecule is COC(=O)Cc1nc2c(c(=O)[nH]1)[C@@H](c1ccccc1)[C@]1(c3ccc(OC)cc3)Oc3cc(OC)cc(OC)c3[C@]21O. The fraction of sp³-hybridized carbons (Fsp3) is 0.258. The summed E-state index contributed by atoms with van der Waals surface area (Å²) in [4.78, 5) is 33.5. The Morgan fingerprint density at radius 2 is 1.68 bits per heavy atom. The molecule has 3 aromatic carbocycles. The lowest BCUT2D eigenvalue weighted by atomic mass is 9.70. The maximum atomic E-state index is 13.9. The summed E-state index contributed by atoms with van der Waals surface area (Å²) in [6, 6.07) is 19.8. The third kappa shape index (κ3) is 3.64. The summed E-state index contributed by atoms with van der Waals surface area (Å²) in [7, 11) is 5.81. The fourth-order valence-corrected chi connectivity index (χ4v) is 6.17. The second-order valence-electron chi connectivity index (χ2n) is 9.85. The molecule has 10 heteroatoms. The maximum Gasteiger partial charge on any atom is 0.313 e. The molecular weight excluding hydrogens is 528 g/mol. The Morgan fingerprint density at radius 3 is 2.32 bits per heavy atom. The number of carbonyl (C=O) groups excluding carboxylic acids is 1. The number of ether oxygens (including phenoxy) is 5. The van der Waals surface area contributed by atoms with Gasteiger partial charge in [-0.2, -0.15) is 0 Å². The lowest BCUT2D eigenvalue weighted by Crippen LogP contribution is -2.49. The van der Waals surface area contributed by atoms with Crippen LogP contribution < -0.4 is 24.5 Å². The van der Waals surface area contributed by atoms with E-state index in [1.165, 1.54) is 21.3 Å². The van der Waals surface area contributed by atoms with E-state index in [0.29, 0.717) is 33.9 Å². The third-order valence-corrected chi connectivity index (χ3v) is 7.90. The number of methoxy groups -OCH3 is 4. The predicted molar refractivity (Wildman–Crippen MR) is 147 cm³/mol. The summed E-state index contributed by atoms with van der Waals surface area (Å²) in [6.07, 6.45) is -0.298. The van der Waals surface area contributed by atoms with Gasteiger partial charge in [0.2, 0.25) is 0 Å². The third-order valence-electron chi connectivity index (χ3n) is 7.90. The number of hydrogen-bond acceptors (Lipinski definition) is 9. The van der Waals surface area contributed by atoms with Crippen molar-refractivity contribution in [3.63, 3.8) is 0 Å². The topological polar surface area (TPSA) is 129 Å². The summed E-state index contributed by atoms with van der Waals surface area (Å²) in [5.74, 6) is 0.277. The van der Waals surface area contributed by atoms with E-state index in [-0.39, 0.29) is 29.3 Å². The van der Waals surface area contributed by atoms with Gasteiger partial charge in [0.15, 0.2) is 11.2 Å². The second-order valence-corrected chi connectivity index (χ2v) is 9.85. The number of rotatable bonds is 7. The highest BCUT2D eigenvalue weighted by atomic mass is 16.5.